The first kappa shape index (κ1) is 19.5. The van der Waals surface area contributed by atoms with Gasteiger partial charge in [0, 0.05) is 19.4 Å². The molecule has 0 bridgehead atoms. The van der Waals surface area contributed by atoms with E-state index in [0.29, 0.717) is 13.1 Å². The topological polar surface area (TPSA) is 58.6 Å². The molecule has 0 spiro atoms. The molecule has 146 valence electrons. The fourth-order valence-electron chi connectivity index (χ4n) is 3.72. The molecule has 0 fully saturated rings. The zero-order chi connectivity index (χ0) is 19.2. The molecule has 0 saturated carbocycles. The van der Waals surface area contributed by atoms with Gasteiger partial charge in [-0.15, -0.1) is 0 Å². The van der Waals surface area contributed by atoms with Crippen molar-refractivity contribution < 1.29 is 14.3 Å². The number of anilines is 1. The van der Waals surface area contributed by atoms with Crippen LogP contribution in [0.5, 0.6) is 5.75 Å². The van der Waals surface area contributed by atoms with Crippen molar-refractivity contribution in [2.75, 3.05) is 18.0 Å². The number of rotatable bonds is 6. The van der Waals surface area contributed by atoms with Gasteiger partial charge in [0.25, 0.3) is 0 Å². The Hall–Kier alpha value is -2.30. The van der Waals surface area contributed by atoms with Crippen LogP contribution in [0, 0.1) is 6.92 Å². The summed E-state index contributed by atoms with van der Waals surface area (Å²) in [7, 11) is 0. The van der Waals surface area contributed by atoms with Gasteiger partial charge in [-0.2, -0.15) is 0 Å². The highest BCUT2D eigenvalue weighted by molar-refractivity contribution is 5.97. The van der Waals surface area contributed by atoms with Gasteiger partial charge in [0.1, 0.15) is 11.9 Å². The first-order valence-corrected chi connectivity index (χ1v) is 10.0. The smallest absolute Gasteiger partial charge is 0.227 e. The number of amides is 2. The molecule has 5 nitrogen and oxygen atoms in total. The third-order valence-corrected chi connectivity index (χ3v) is 5.19. The third-order valence-electron chi connectivity index (χ3n) is 5.19. The van der Waals surface area contributed by atoms with Crippen molar-refractivity contribution in [3.63, 3.8) is 0 Å². The van der Waals surface area contributed by atoms with Crippen molar-refractivity contribution in [1.29, 1.82) is 0 Å². The summed E-state index contributed by atoms with van der Waals surface area (Å²) in [6.07, 6.45) is 8.47. The SMILES string of the molecule is Cc1ccc2c(c1)N(C(=O)CCC(=O)NCCC1=CCCCC1)CC(C)O2. The number of hydrogen-bond donors (Lipinski definition) is 1. The minimum absolute atomic E-state index is 0.0258. The summed E-state index contributed by atoms with van der Waals surface area (Å²) >= 11 is 0. The summed E-state index contributed by atoms with van der Waals surface area (Å²) in [5, 5.41) is 2.95. The minimum Gasteiger partial charge on any atom is -0.487 e. The van der Waals surface area contributed by atoms with Crippen LogP contribution in [0.4, 0.5) is 5.69 Å². The van der Waals surface area contributed by atoms with Crippen molar-refractivity contribution in [3.05, 3.63) is 35.4 Å². The molecule has 1 N–H and O–H groups in total. The third kappa shape index (κ3) is 5.34. The van der Waals surface area contributed by atoms with Crippen LogP contribution in [0.1, 0.15) is 57.4 Å². The zero-order valence-electron chi connectivity index (χ0n) is 16.4. The van der Waals surface area contributed by atoms with E-state index in [1.807, 2.05) is 32.0 Å². The zero-order valence-corrected chi connectivity index (χ0v) is 16.4. The summed E-state index contributed by atoms with van der Waals surface area (Å²) in [5.74, 6) is 0.658. The van der Waals surface area contributed by atoms with E-state index in [0.717, 1.165) is 36.3 Å². The van der Waals surface area contributed by atoms with E-state index in [1.165, 1.54) is 18.4 Å². The number of carbonyl (C=O) groups is 2. The van der Waals surface area contributed by atoms with E-state index in [1.54, 1.807) is 4.90 Å². The quantitative estimate of drug-likeness (QED) is 0.773. The highest BCUT2D eigenvalue weighted by Gasteiger charge is 2.27. The second-order valence-corrected chi connectivity index (χ2v) is 7.61. The Morgan fingerprint density at radius 2 is 2.11 bits per heavy atom. The summed E-state index contributed by atoms with van der Waals surface area (Å²) in [4.78, 5) is 26.6. The van der Waals surface area contributed by atoms with Gasteiger partial charge in [-0.05, 0) is 63.6 Å². The van der Waals surface area contributed by atoms with Crippen LogP contribution < -0.4 is 15.0 Å². The monoisotopic (exact) mass is 370 g/mol. The number of nitrogens with zero attached hydrogens (tertiary/aromatic N) is 1. The highest BCUT2D eigenvalue weighted by atomic mass is 16.5. The molecule has 3 rings (SSSR count). The second kappa shape index (κ2) is 9.07. The molecular formula is C22H30N2O3. The number of allylic oxidation sites excluding steroid dienone is 1. The van der Waals surface area contributed by atoms with E-state index in [-0.39, 0.29) is 30.8 Å². The predicted molar refractivity (Wildman–Crippen MR) is 107 cm³/mol. The lowest BCUT2D eigenvalue weighted by molar-refractivity contribution is -0.125. The second-order valence-electron chi connectivity index (χ2n) is 7.61. The van der Waals surface area contributed by atoms with E-state index < -0.39 is 0 Å². The molecule has 2 amide bonds. The van der Waals surface area contributed by atoms with Crippen LogP contribution in [0.3, 0.4) is 0 Å². The van der Waals surface area contributed by atoms with Crippen LogP contribution in [-0.4, -0.2) is 31.0 Å². The highest BCUT2D eigenvalue weighted by Crippen LogP contribution is 2.34. The van der Waals surface area contributed by atoms with Crippen LogP contribution in [0.15, 0.2) is 29.8 Å². The molecule has 1 heterocycles. The van der Waals surface area contributed by atoms with Gasteiger partial charge in [-0.3, -0.25) is 9.59 Å². The number of carbonyl (C=O) groups excluding carboxylic acids is 2. The van der Waals surface area contributed by atoms with E-state index >= 15 is 0 Å². The van der Waals surface area contributed by atoms with Crippen LogP contribution in [0.2, 0.25) is 0 Å². The first-order valence-electron chi connectivity index (χ1n) is 10.0. The van der Waals surface area contributed by atoms with Gasteiger partial charge in [-0.1, -0.05) is 17.7 Å². The summed E-state index contributed by atoms with van der Waals surface area (Å²) < 4.78 is 5.83. The lowest BCUT2D eigenvalue weighted by Gasteiger charge is -2.33. The van der Waals surface area contributed by atoms with Gasteiger partial charge in [-0.25, -0.2) is 0 Å². The predicted octanol–water partition coefficient (Wildman–Crippen LogP) is 3.90. The van der Waals surface area contributed by atoms with Crippen molar-refractivity contribution in [2.45, 2.75) is 64.9 Å². The summed E-state index contributed by atoms with van der Waals surface area (Å²) in [6.45, 7) is 5.13. The van der Waals surface area contributed by atoms with E-state index in [2.05, 4.69) is 11.4 Å². The van der Waals surface area contributed by atoms with Crippen LogP contribution >= 0.6 is 0 Å². The Kier molecular flexibility index (Phi) is 6.54. The molecule has 2 aliphatic rings. The van der Waals surface area contributed by atoms with Gasteiger partial charge < -0.3 is 15.0 Å². The maximum Gasteiger partial charge on any atom is 0.227 e. The van der Waals surface area contributed by atoms with Crippen LogP contribution in [0.25, 0.3) is 0 Å². The molecule has 1 aliphatic heterocycles. The Bertz CT molecular complexity index is 726. The number of benzene rings is 1. The summed E-state index contributed by atoms with van der Waals surface area (Å²) in [5.41, 5.74) is 3.34. The van der Waals surface area contributed by atoms with E-state index in [9.17, 15) is 9.59 Å². The van der Waals surface area contributed by atoms with E-state index in [4.69, 9.17) is 4.74 Å². The fourth-order valence-corrected chi connectivity index (χ4v) is 3.72. The molecular weight excluding hydrogens is 340 g/mol. The average Bonchev–Trinajstić information content (AvgIpc) is 2.66. The molecule has 5 heteroatoms. The average molecular weight is 370 g/mol. The van der Waals surface area contributed by atoms with Gasteiger partial charge in [0.15, 0.2) is 0 Å². The molecule has 1 unspecified atom stereocenters. The number of nitrogens with one attached hydrogen (secondary N) is 1. The summed E-state index contributed by atoms with van der Waals surface area (Å²) in [6, 6.07) is 5.86. The van der Waals surface area contributed by atoms with Gasteiger partial charge in [0.2, 0.25) is 11.8 Å². The number of fused-ring (bicyclic) bond motifs is 1. The Morgan fingerprint density at radius 3 is 2.89 bits per heavy atom. The maximum absolute atomic E-state index is 12.7. The van der Waals surface area contributed by atoms with Gasteiger partial charge >= 0.3 is 0 Å². The number of hydrogen-bond acceptors (Lipinski definition) is 3. The van der Waals surface area contributed by atoms with Crippen molar-refractivity contribution in [1.82, 2.24) is 5.32 Å². The molecule has 1 aromatic rings. The first-order chi connectivity index (χ1) is 13.0. The normalized spacial score (nSPS) is 19.0. The lowest BCUT2D eigenvalue weighted by Crippen LogP contribution is -2.42. The molecule has 27 heavy (non-hydrogen) atoms. The maximum atomic E-state index is 12.7. The molecule has 0 aromatic heterocycles. The standard InChI is InChI=1S/C22H30N2O3/c1-16-8-9-20-19(14-16)24(15-17(2)27-20)22(26)11-10-21(25)23-13-12-18-6-4-3-5-7-18/h6,8-9,14,17H,3-5,7,10-13,15H2,1-2H3,(H,23,25). The van der Waals surface area contributed by atoms with Crippen molar-refractivity contribution >= 4 is 17.5 Å². The molecule has 1 aromatic carbocycles. The van der Waals surface area contributed by atoms with Gasteiger partial charge in [0.05, 0.1) is 12.2 Å². The molecule has 1 atom stereocenters. The minimum atomic E-state index is -0.0539. The molecule has 1 aliphatic carbocycles. The number of ether oxygens (including phenoxy) is 1. The molecule has 0 radical (unpaired) electrons. The fraction of sp³-hybridized carbons (Fsp3) is 0.545. The molecule has 0 saturated heterocycles. The Morgan fingerprint density at radius 1 is 1.26 bits per heavy atom. The van der Waals surface area contributed by atoms with Crippen LogP contribution in [-0.2, 0) is 9.59 Å². The lowest BCUT2D eigenvalue weighted by atomic mass is 9.97. The van der Waals surface area contributed by atoms with Crippen molar-refractivity contribution in [3.8, 4) is 5.75 Å². The Labute approximate surface area is 161 Å². The largest absolute Gasteiger partial charge is 0.487 e. The van der Waals surface area contributed by atoms with Crippen molar-refractivity contribution in [2.24, 2.45) is 0 Å². The Balaban J connectivity index is 1.48. The number of aryl methyl sites for hydroxylation is 1.